The van der Waals surface area contributed by atoms with Crippen LogP contribution in [0.3, 0.4) is 0 Å². The number of nitrogens with one attached hydrogen (secondary N) is 1. The number of nitrogens with zero attached hydrogens (tertiary/aromatic N) is 2. The zero-order valence-corrected chi connectivity index (χ0v) is 9.90. The van der Waals surface area contributed by atoms with Crippen molar-refractivity contribution in [2.75, 3.05) is 19.8 Å². The summed E-state index contributed by atoms with van der Waals surface area (Å²) >= 11 is 0. The molecule has 1 fully saturated rings. The van der Waals surface area contributed by atoms with Gasteiger partial charge in [-0.05, 0) is 13.0 Å². The summed E-state index contributed by atoms with van der Waals surface area (Å²) in [6.45, 7) is 6.58. The molecule has 1 aliphatic rings. The van der Waals surface area contributed by atoms with Crippen molar-refractivity contribution in [1.82, 2.24) is 15.5 Å². The molecule has 0 spiro atoms. The summed E-state index contributed by atoms with van der Waals surface area (Å²) in [5, 5.41) is 7.38. The second kappa shape index (κ2) is 5.41. The lowest BCUT2D eigenvalue weighted by atomic mass is 10.0. The van der Waals surface area contributed by atoms with Gasteiger partial charge in [-0.25, -0.2) is 0 Å². The fraction of sp³-hybridized carbons (Fsp3) is 0.818. The number of aryl methyl sites for hydroxylation is 1. The Kier molecular flexibility index (Phi) is 3.90. The maximum atomic E-state index is 5.47. The standard InChI is InChI=1S/C11H19N3O2/c1-3-5-12-9-7-15-6-8(9)11-13-10(4-2)14-16-11/h8-9,12H,3-7H2,1-2H3. The lowest BCUT2D eigenvalue weighted by Crippen LogP contribution is -2.35. The van der Waals surface area contributed by atoms with Crippen molar-refractivity contribution in [2.45, 2.75) is 38.6 Å². The quantitative estimate of drug-likeness (QED) is 0.813. The molecule has 1 saturated heterocycles. The molecular formula is C11H19N3O2. The Morgan fingerprint density at radius 1 is 1.38 bits per heavy atom. The number of ether oxygens (including phenoxy) is 1. The Labute approximate surface area is 95.6 Å². The van der Waals surface area contributed by atoms with Crippen LogP contribution in [0.25, 0.3) is 0 Å². The molecule has 0 saturated carbocycles. The van der Waals surface area contributed by atoms with Gasteiger partial charge in [-0.15, -0.1) is 0 Å². The van der Waals surface area contributed by atoms with E-state index in [-0.39, 0.29) is 5.92 Å². The summed E-state index contributed by atoms with van der Waals surface area (Å²) < 4.78 is 10.7. The summed E-state index contributed by atoms with van der Waals surface area (Å²) in [5.41, 5.74) is 0. The van der Waals surface area contributed by atoms with Crippen molar-refractivity contribution in [3.63, 3.8) is 0 Å². The molecule has 5 heteroatoms. The van der Waals surface area contributed by atoms with Crippen LogP contribution in [0.1, 0.15) is 37.9 Å². The molecule has 90 valence electrons. The normalized spacial score (nSPS) is 25.1. The third-order valence-corrected chi connectivity index (χ3v) is 2.85. The van der Waals surface area contributed by atoms with Gasteiger partial charge in [-0.1, -0.05) is 19.0 Å². The van der Waals surface area contributed by atoms with Gasteiger partial charge in [0.05, 0.1) is 19.1 Å². The summed E-state index contributed by atoms with van der Waals surface area (Å²) in [6.07, 6.45) is 1.93. The van der Waals surface area contributed by atoms with Gasteiger partial charge in [0.15, 0.2) is 5.82 Å². The van der Waals surface area contributed by atoms with Crippen molar-refractivity contribution in [3.8, 4) is 0 Å². The largest absolute Gasteiger partial charge is 0.379 e. The lowest BCUT2D eigenvalue weighted by molar-refractivity contribution is 0.184. The smallest absolute Gasteiger partial charge is 0.233 e. The fourth-order valence-electron chi connectivity index (χ4n) is 1.89. The highest BCUT2D eigenvalue weighted by Gasteiger charge is 2.33. The molecular weight excluding hydrogens is 206 g/mol. The molecule has 16 heavy (non-hydrogen) atoms. The van der Waals surface area contributed by atoms with Gasteiger partial charge < -0.3 is 14.6 Å². The first-order chi connectivity index (χ1) is 7.85. The number of hydrogen-bond donors (Lipinski definition) is 1. The molecule has 2 unspecified atom stereocenters. The van der Waals surface area contributed by atoms with Gasteiger partial charge in [-0.2, -0.15) is 4.98 Å². The molecule has 2 rings (SSSR count). The van der Waals surface area contributed by atoms with Crippen LogP contribution in [0.4, 0.5) is 0 Å². The van der Waals surface area contributed by atoms with Gasteiger partial charge in [0.1, 0.15) is 0 Å². The highest BCUT2D eigenvalue weighted by atomic mass is 16.5. The molecule has 1 N–H and O–H groups in total. The van der Waals surface area contributed by atoms with E-state index in [2.05, 4.69) is 22.4 Å². The van der Waals surface area contributed by atoms with E-state index in [0.717, 1.165) is 31.8 Å². The van der Waals surface area contributed by atoms with Crippen LogP contribution in [-0.2, 0) is 11.2 Å². The average Bonchev–Trinajstić information content (AvgIpc) is 2.94. The van der Waals surface area contributed by atoms with Crippen molar-refractivity contribution in [3.05, 3.63) is 11.7 Å². The summed E-state index contributed by atoms with van der Waals surface area (Å²) in [7, 11) is 0. The Balaban J connectivity index is 2.01. The first kappa shape index (κ1) is 11.5. The van der Waals surface area contributed by atoms with Gasteiger partial charge in [0.2, 0.25) is 5.89 Å². The molecule has 0 bridgehead atoms. The van der Waals surface area contributed by atoms with Gasteiger partial charge in [0, 0.05) is 12.5 Å². The van der Waals surface area contributed by atoms with Crippen molar-refractivity contribution in [2.24, 2.45) is 0 Å². The van der Waals surface area contributed by atoms with Crippen LogP contribution in [-0.4, -0.2) is 35.9 Å². The fourth-order valence-corrected chi connectivity index (χ4v) is 1.89. The molecule has 0 aromatic carbocycles. The number of hydrogen-bond acceptors (Lipinski definition) is 5. The zero-order chi connectivity index (χ0) is 11.4. The third kappa shape index (κ3) is 2.41. The summed E-state index contributed by atoms with van der Waals surface area (Å²) in [5.74, 6) is 1.69. The van der Waals surface area contributed by atoms with E-state index in [1.54, 1.807) is 0 Å². The van der Waals surface area contributed by atoms with E-state index in [1.807, 2.05) is 6.92 Å². The number of rotatable bonds is 5. The monoisotopic (exact) mass is 225 g/mol. The van der Waals surface area contributed by atoms with E-state index in [4.69, 9.17) is 9.26 Å². The molecule has 0 radical (unpaired) electrons. The van der Waals surface area contributed by atoms with E-state index in [9.17, 15) is 0 Å². The molecule has 0 aliphatic carbocycles. The lowest BCUT2D eigenvalue weighted by Gasteiger charge is -2.14. The predicted molar refractivity (Wildman–Crippen MR) is 59.3 cm³/mol. The van der Waals surface area contributed by atoms with Crippen molar-refractivity contribution >= 4 is 0 Å². The second-order valence-corrected chi connectivity index (χ2v) is 4.11. The van der Waals surface area contributed by atoms with Crippen LogP contribution >= 0.6 is 0 Å². The summed E-state index contributed by atoms with van der Waals surface area (Å²) in [6, 6.07) is 0.310. The Hall–Kier alpha value is -0.940. The highest BCUT2D eigenvalue weighted by molar-refractivity contribution is 5.02. The average molecular weight is 225 g/mol. The van der Waals surface area contributed by atoms with Crippen molar-refractivity contribution in [1.29, 1.82) is 0 Å². The molecule has 2 heterocycles. The Morgan fingerprint density at radius 3 is 2.94 bits per heavy atom. The van der Waals surface area contributed by atoms with Crippen LogP contribution < -0.4 is 5.32 Å². The van der Waals surface area contributed by atoms with Gasteiger partial charge in [-0.3, -0.25) is 0 Å². The molecule has 5 nitrogen and oxygen atoms in total. The summed E-state index contributed by atoms with van der Waals surface area (Å²) in [4.78, 5) is 4.37. The number of aromatic nitrogens is 2. The first-order valence-corrected chi connectivity index (χ1v) is 5.98. The van der Waals surface area contributed by atoms with Crippen LogP contribution in [0.2, 0.25) is 0 Å². The van der Waals surface area contributed by atoms with Crippen LogP contribution in [0, 0.1) is 0 Å². The Morgan fingerprint density at radius 2 is 2.25 bits per heavy atom. The van der Waals surface area contributed by atoms with E-state index < -0.39 is 0 Å². The molecule has 0 amide bonds. The molecule has 1 aliphatic heterocycles. The Bertz CT molecular complexity index is 327. The maximum absolute atomic E-state index is 5.47. The topological polar surface area (TPSA) is 60.2 Å². The minimum Gasteiger partial charge on any atom is -0.379 e. The first-order valence-electron chi connectivity index (χ1n) is 5.98. The predicted octanol–water partition coefficient (Wildman–Crippen LogP) is 1.11. The second-order valence-electron chi connectivity index (χ2n) is 4.11. The van der Waals surface area contributed by atoms with Crippen LogP contribution in [0.15, 0.2) is 4.52 Å². The maximum Gasteiger partial charge on any atom is 0.233 e. The van der Waals surface area contributed by atoms with Gasteiger partial charge >= 0.3 is 0 Å². The van der Waals surface area contributed by atoms with E-state index >= 15 is 0 Å². The zero-order valence-electron chi connectivity index (χ0n) is 9.90. The molecule has 1 aromatic heterocycles. The SMILES string of the molecule is CCCNC1COCC1c1nc(CC)no1. The molecule has 1 aromatic rings. The van der Waals surface area contributed by atoms with E-state index in [0.29, 0.717) is 18.5 Å². The highest BCUT2D eigenvalue weighted by Crippen LogP contribution is 2.24. The third-order valence-electron chi connectivity index (χ3n) is 2.85. The molecule has 2 atom stereocenters. The minimum absolute atomic E-state index is 0.208. The van der Waals surface area contributed by atoms with Crippen molar-refractivity contribution < 1.29 is 9.26 Å². The van der Waals surface area contributed by atoms with Gasteiger partial charge in [0.25, 0.3) is 0 Å². The van der Waals surface area contributed by atoms with E-state index in [1.165, 1.54) is 0 Å². The van der Waals surface area contributed by atoms with Crippen LogP contribution in [0.5, 0.6) is 0 Å². The minimum atomic E-state index is 0.208.